The highest BCUT2D eigenvalue weighted by molar-refractivity contribution is 6.13. The number of amides is 10. The van der Waals surface area contributed by atoms with Crippen molar-refractivity contribution in [2.75, 3.05) is 65.7 Å². The Kier molecular flexibility index (Phi) is 23.3. The van der Waals surface area contributed by atoms with Crippen LogP contribution in [-0.2, 0) is 108 Å². The maximum atomic E-state index is 15.5. The molecule has 5 heterocycles. The van der Waals surface area contributed by atoms with E-state index in [0.717, 1.165) is 17.1 Å². The number of hydrogen-bond acceptors (Lipinski definition) is 19. The van der Waals surface area contributed by atoms with Gasteiger partial charge in [-0.15, -0.1) is 0 Å². The number of ether oxygens (including phenoxy) is 4. The van der Waals surface area contributed by atoms with Gasteiger partial charge in [0.2, 0.25) is 47.3 Å². The maximum Gasteiger partial charge on any atom is 0.343 e. The molecule has 30 heteroatoms. The molecule has 10 amide bonds. The van der Waals surface area contributed by atoms with Crippen LogP contribution in [0.5, 0.6) is 0 Å². The highest BCUT2D eigenvalue weighted by Gasteiger charge is 2.46. The number of esters is 2. The predicted molar refractivity (Wildman–Crippen MR) is 329 cm³/mol. The molecule has 502 valence electrons. The van der Waals surface area contributed by atoms with Gasteiger partial charge < -0.3 is 71.2 Å². The molecule has 2 aromatic heterocycles. The van der Waals surface area contributed by atoms with E-state index < -0.39 is 132 Å². The Labute approximate surface area is 538 Å². The largest absolute Gasteiger partial charge is 0.460 e. The summed E-state index contributed by atoms with van der Waals surface area (Å²) in [7, 11) is 0. The van der Waals surface area contributed by atoms with Gasteiger partial charge in [-0.2, -0.15) is 0 Å². The van der Waals surface area contributed by atoms with Gasteiger partial charge in [0.05, 0.1) is 87.5 Å². The molecule has 4 atom stereocenters. The van der Waals surface area contributed by atoms with Crippen molar-refractivity contribution in [3.8, 4) is 11.4 Å². The third kappa shape index (κ3) is 17.7. The van der Waals surface area contributed by atoms with Crippen LogP contribution in [0.25, 0.3) is 22.3 Å². The van der Waals surface area contributed by atoms with Crippen LogP contribution >= 0.6 is 0 Å². The lowest BCUT2D eigenvalue weighted by molar-refractivity contribution is -0.172. The molecule has 0 saturated carbocycles. The van der Waals surface area contributed by atoms with Gasteiger partial charge in [-0.3, -0.25) is 62.4 Å². The average Bonchev–Trinajstić information content (AvgIpc) is 1.48. The Morgan fingerprint density at radius 2 is 1.39 bits per heavy atom. The Balaban J connectivity index is 0.775. The van der Waals surface area contributed by atoms with Gasteiger partial charge in [-0.1, -0.05) is 37.3 Å². The van der Waals surface area contributed by atoms with Gasteiger partial charge in [-0.05, 0) is 75.3 Å². The van der Waals surface area contributed by atoms with Gasteiger partial charge in [0.25, 0.3) is 17.4 Å². The lowest BCUT2D eigenvalue weighted by Crippen LogP contribution is -2.53. The van der Waals surface area contributed by atoms with Crippen LogP contribution in [0.2, 0.25) is 0 Å². The van der Waals surface area contributed by atoms with Crippen molar-refractivity contribution < 1.29 is 86.0 Å². The number of nitrogens with zero attached hydrogens (tertiary/aromatic N) is 3. The lowest BCUT2D eigenvalue weighted by atomic mass is 9.81. The third-order valence-corrected chi connectivity index (χ3v) is 15.9. The summed E-state index contributed by atoms with van der Waals surface area (Å²) >= 11 is 0. The van der Waals surface area contributed by atoms with Gasteiger partial charge in [0.15, 0.2) is 5.60 Å². The maximum absolute atomic E-state index is 15.5. The lowest BCUT2D eigenvalue weighted by Gasteiger charge is -2.31. The Hall–Kier alpha value is -9.81. The van der Waals surface area contributed by atoms with Crippen LogP contribution in [0.3, 0.4) is 0 Å². The molecule has 0 unspecified atom stereocenters. The van der Waals surface area contributed by atoms with Crippen molar-refractivity contribution in [2.45, 2.75) is 128 Å². The average molecular weight is 1310 g/mol. The molecule has 8 rings (SSSR count). The van der Waals surface area contributed by atoms with E-state index in [-0.39, 0.29) is 108 Å². The van der Waals surface area contributed by atoms with Crippen LogP contribution in [-0.4, -0.2) is 174 Å². The first kappa shape index (κ1) is 70.1. The summed E-state index contributed by atoms with van der Waals surface area (Å²) in [6.07, 6.45) is 1.76. The quantitative estimate of drug-likeness (QED) is 0.0150. The normalized spacial score (nSPS) is 16.6. The molecule has 0 saturated heterocycles. The topological polar surface area (TPSA) is 396 Å². The van der Waals surface area contributed by atoms with Gasteiger partial charge in [-0.25, -0.2) is 14.2 Å². The van der Waals surface area contributed by atoms with Crippen molar-refractivity contribution in [3.05, 3.63) is 110 Å². The summed E-state index contributed by atoms with van der Waals surface area (Å²) in [6, 6.07) is 8.06. The fraction of sp³-hybridized carbons (Fsp3) is 0.469. The number of imide groups is 1. The van der Waals surface area contributed by atoms with E-state index in [1.807, 2.05) is 0 Å². The standard InChI is InChI=1S/C64H76FN11O18/c1-6-64(90)40-27-46-58-38(33-76(46)61(88)39(40)34-93-62(64)89)57-42(13-12-37-35(2)41(65)28-43(74-58)56(37)57)71-48(78)16-19-66-50(80)30-69-59(86)44(26-36-10-8-7-9-11-36)73-52(82)32-68-51(81)31-70-60(87)45(29-55(85)94-63(3,4)5)72-49(79)18-22-91-24-25-92-23-20-67-47(77)17-21-75-53(83)14-15-54(75)84/h7-11,14-15,27-28,42,44-45,90H,6,12-13,16-26,29-34H2,1-5H3,(H,66,80)(H,67,77)(H,68,81)(H,69,86)(H,70,87)(H,71,78)(H,72,79)(H,73,82)/t42-,44-,45-,64-/m0/s1. The first-order valence-corrected chi connectivity index (χ1v) is 30.7. The van der Waals surface area contributed by atoms with Crippen molar-refractivity contribution in [3.63, 3.8) is 0 Å². The number of aromatic nitrogens is 2. The second-order valence-corrected chi connectivity index (χ2v) is 23.7. The second-order valence-electron chi connectivity index (χ2n) is 23.7. The number of carbonyl (C=O) groups excluding carboxylic acids is 12. The molecule has 0 spiro atoms. The minimum absolute atomic E-state index is 0.0336. The summed E-state index contributed by atoms with van der Waals surface area (Å²) < 4.78 is 38.3. The Morgan fingerprint density at radius 1 is 0.745 bits per heavy atom. The summed E-state index contributed by atoms with van der Waals surface area (Å²) in [6.45, 7) is 5.95. The number of carbonyl (C=O) groups is 12. The number of aliphatic hydroxyl groups is 1. The van der Waals surface area contributed by atoms with Gasteiger partial charge in [0.1, 0.15) is 30.1 Å². The minimum Gasteiger partial charge on any atom is -0.460 e. The van der Waals surface area contributed by atoms with E-state index in [4.69, 9.17) is 23.9 Å². The molecule has 29 nitrogen and oxygen atoms in total. The summed E-state index contributed by atoms with van der Waals surface area (Å²) in [5, 5.41) is 32.5. The van der Waals surface area contributed by atoms with Gasteiger partial charge >= 0.3 is 11.9 Å². The van der Waals surface area contributed by atoms with Gasteiger partial charge in [0, 0.05) is 80.0 Å². The number of rotatable bonds is 31. The highest BCUT2D eigenvalue weighted by atomic mass is 19.1. The smallest absolute Gasteiger partial charge is 0.343 e. The molecule has 94 heavy (non-hydrogen) atoms. The Bertz CT molecular complexity index is 3740. The van der Waals surface area contributed by atoms with E-state index in [1.165, 1.54) is 10.6 Å². The minimum atomic E-state index is -2.07. The highest BCUT2D eigenvalue weighted by Crippen LogP contribution is 2.46. The fourth-order valence-electron chi connectivity index (χ4n) is 11.2. The van der Waals surface area contributed by atoms with Crippen LogP contribution < -0.4 is 48.1 Å². The molecule has 4 aromatic rings. The van der Waals surface area contributed by atoms with E-state index in [1.54, 1.807) is 71.0 Å². The van der Waals surface area contributed by atoms with Crippen LogP contribution in [0.1, 0.15) is 111 Å². The zero-order valence-corrected chi connectivity index (χ0v) is 52.7. The van der Waals surface area contributed by atoms with E-state index in [2.05, 4.69) is 42.5 Å². The zero-order valence-electron chi connectivity index (χ0n) is 52.7. The van der Waals surface area contributed by atoms with E-state index in [0.29, 0.717) is 62.9 Å². The number of fused-ring (bicyclic) bond motifs is 5. The molecule has 2 aromatic carbocycles. The predicted octanol–water partition coefficient (Wildman–Crippen LogP) is -0.716. The molecule has 3 aliphatic heterocycles. The number of hydrogen-bond donors (Lipinski definition) is 9. The van der Waals surface area contributed by atoms with Crippen molar-refractivity contribution in [2.24, 2.45) is 0 Å². The van der Waals surface area contributed by atoms with E-state index in [9.17, 15) is 67.4 Å². The second kappa shape index (κ2) is 31.2. The van der Waals surface area contributed by atoms with Crippen molar-refractivity contribution in [1.82, 2.24) is 57.0 Å². The van der Waals surface area contributed by atoms with Crippen LogP contribution in [0.15, 0.2) is 59.4 Å². The number of nitrogens with one attached hydrogen (secondary N) is 8. The number of cyclic esters (lactones) is 1. The SMILES string of the molecule is CC[C@@]1(O)C(=O)OCc2c1cc1n(c2=O)Cc2c-1nc1cc(F)c(C)c3c1c2[C@@H](NC(=O)CCNC(=O)CNC(=O)[C@H](Cc1ccccc1)NC(=O)CNC(=O)CNC(=O)[C@H](CC(=O)OC(C)(C)C)NC(=O)CCOCCOCCNC(=O)CCN1C(=O)C=CC1=O)CC3. The Morgan fingerprint density at radius 3 is 2.09 bits per heavy atom. The van der Waals surface area contributed by atoms with Crippen molar-refractivity contribution >= 4 is 81.9 Å². The molecule has 4 aliphatic rings. The molecular formula is C64H76FN11O18. The molecular weight excluding hydrogens is 1230 g/mol. The first-order valence-electron chi connectivity index (χ1n) is 30.7. The van der Waals surface area contributed by atoms with Crippen molar-refractivity contribution in [1.29, 1.82) is 0 Å². The first-order chi connectivity index (χ1) is 44.7. The zero-order chi connectivity index (χ0) is 68.0. The summed E-state index contributed by atoms with van der Waals surface area (Å²) in [4.78, 5) is 174. The number of halogens is 1. The fourth-order valence-corrected chi connectivity index (χ4v) is 11.2. The molecule has 0 bridgehead atoms. The van der Waals surface area contributed by atoms with E-state index >= 15 is 4.39 Å². The number of aryl methyl sites for hydroxylation is 1. The summed E-state index contributed by atoms with van der Waals surface area (Å²) in [5.41, 5.74) is 0.695. The monoisotopic (exact) mass is 1310 g/mol. The third-order valence-electron chi connectivity index (χ3n) is 15.9. The number of pyridine rings is 2. The van der Waals surface area contributed by atoms with Crippen LogP contribution in [0, 0.1) is 12.7 Å². The molecule has 0 radical (unpaired) electrons. The number of benzene rings is 2. The summed E-state index contributed by atoms with van der Waals surface area (Å²) in [5.74, 6) is -8.74. The molecule has 9 N–H and O–H groups in total. The molecule has 0 fully saturated rings. The molecule has 1 aliphatic carbocycles. The van der Waals surface area contributed by atoms with Crippen LogP contribution in [0.4, 0.5) is 4.39 Å².